The summed E-state index contributed by atoms with van der Waals surface area (Å²) in [5, 5.41) is 11.7. The third kappa shape index (κ3) is 3.22. The first kappa shape index (κ1) is 19.3. The molecule has 0 aliphatic heterocycles. The number of halogens is 3. The number of carbonyl (C=O) groups excluding carboxylic acids is 2. The van der Waals surface area contributed by atoms with Crippen molar-refractivity contribution in [1.82, 2.24) is 9.88 Å². The molecule has 0 aliphatic carbocycles. The van der Waals surface area contributed by atoms with Crippen LogP contribution in [0, 0.1) is 0 Å². The molecule has 2 N–H and O–H groups in total. The molecule has 10 heteroatoms. The lowest BCUT2D eigenvalue weighted by molar-refractivity contribution is -0.142. The topological polar surface area (TPSA) is 97.6 Å². The molecule has 1 aromatic heterocycles. The van der Waals surface area contributed by atoms with Crippen LogP contribution in [0.2, 0.25) is 0 Å². The number of carbonyl (C=O) groups is 2. The van der Waals surface area contributed by atoms with Gasteiger partial charge in [-0.3, -0.25) is 9.59 Å². The predicted octanol–water partition coefficient (Wildman–Crippen LogP) is 1.55. The second-order valence-corrected chi connectivity index (χ2v) is 5.50. The lowest BCUT2D eigenvalue weighted by Gasteiger charge is -2.17. The third-order valence-electron chi connectivity index (χ3n) is 3.83. The zero-order chi connectivity index (χ0) is 19.8. The third-order valence-corrected chi connectivity index (χ3v) is 3.83. The Bertz CT molecular complexity index is 950. The second-order valence-electron chi connectivity index (χ2n) is 5.50. The maximum Gasteiger partial charge on any atom is 0.417 e. The van der Waals surface area contributed by atoms with E-state index in [1.54, 1.807) is 0 Å². The van der Waals surface area contributed by atoms with Crippen molar-refractivity contribution in [3.8, 4) is 5.75 Å². The standard InChI is InChI=1S/C16H15F3N2O5/c1-7(15(25)26-3)20-13(23)11-12(22)10-8(16(17,18)19)5-4-6-9(10)21(2)14(11)24/h4-7,22H,1-3H3,(H,20,23)/t7-/m0/s1. The molecule has 1 amide bonds. The van der Waals surface area contributed by atoms with Crippen LogP contribution in [-0.4, -0.2) is 34.7 Å². The second kappa shape index (κ2) is 6.70. The number of hydrogen-bond donors (Lipinski definition) is 2. The SMILES string of the molecule is COC(=O)[C@H](C)NC(=O)c1c(O)c2c(C(F)(F)F)cccc2n(C)c1=O. The summed E-state index contributed by atoms with van der Waals surface area (Å²) >= 11 is 0. The molecular formula is C16H15F3N2O5. The van der Waals surface area contributed by atoms with Crippen LogP contribution in [0.1, 0.15) is 22.8 Å². The van der Waals surface area contributed by atoms with E-state index in [-0.39, 0.29) is 5.52 Å². The quantitative estimate of drug-likeness (QED) is 0.797. The minimum absolute atomic E-state index is 0.195. The Morgan fingerprint density at radius 3 is 2.46 bits per heavy atom. The van der Waals surface area contributed by atoms with Crippen molar-refractivity contribution in [2.24, 2.45) is 7.05 Å². The molecule has 0 bridgehead atoms. The number of fused-ring (bicyclic) bond motifs is 1. The number of aromatic hydroxyl groups is 1. The van der Waals surface area contributed by atoms with Gasteiger partial charge in [0.15, 0.2) is 0 Å². The number of aromatic nitrogens is 1. The molecule has 1 aromatic carbocycles. The fourth-order valence-corrected chi connectivity index (χ4v) is 2.52. The average Bonchev–Trinajstić information content (AvgIpc) is 2.57. The summed E-state index contributed by atoms with van der Waals surface area (Å²) in [5.41, 5.74) is -3.30. The monoisotopic (exact) mass is 372 g/mol. The molecule has 0 radical (unpaired) electrons. The molecule has 2 aromatic rings. The summed E-state index contributed by atoms with van der Waals surface area (Å²) in [5.74, 6) is -3.13. The van der Waals surface area contributed by atoms with Gasteiger partial charge in [-0.2, -0.15) is 13.2 Å². The van der Waals surface area contributed by atoms with Crippen LogP contribution >= 0.6 is 0 Å². The number of rotatable bonds is 3. The van der Waals surface area contributed by atoms with Gasteiger partial charge in [0, 0.05) is 7.05 Å². The van der Waals surface area contributed by atoms with E-state index >= 15 is 0 Å². The fourth-order valence-electron chi connectivity index (χ4n) is 2.52. The molecule has 0 saturated carbocycles. The van der Waals surface area contributed by atoms with E-state index in [1.807, 2.05) is 0 Å². The van der Waals surface area contributed by atoms with Crippen molar-refractivity contribution in [2.45, 2.75) is 19.1 Å². The summed E-state index contributed by atoms with van der Waals surface area (Å²) in [6.07, 6.45) is -4.82. The highest BCUT2D eigenvalue weighted by Gasteiger charge is 2.35. The number of alkyl halides is 3. The van der Waals surface area contributed by atoms with E-state index in [0.717, 1.165) is 23.8 Å². The number of methoxy groups -OCH3 is 1. The lowest BCUT2D eigenvalue weighted by atomic mass is 10.0. The Hall–Kier alpha value is -3.04. The molecule has 140 valence electrons. The molecule has 1 heterocycles. The van der Waals surface area contributed by atoms with Crippen molar-refractivity contribution in [3.63, 3.8) is 0 Å². The van der Waals surface area contributed by atoms with Crippen LogP contribution in [0.5, 0.6) is 5.75 Å². The molecule has 0 aliphatic rings. The first-order chi connectivity index (χ1) is 12.0. The molecule has 0 fully saturated rings. The van der Waals surface area contributed by atoms with Crippen molar-refractivity contribution < 1.29 is 32.6 Å². The Morgan fingerprint density at radius 1 is 1.31 bits per heavy atom. The largest absolute Gasteiger partial charge is 0.506 e. The van der Waals surface area contributed by atoms with Gasteiger partial charge in [0.2, 0.25) is 0 Å². The molecular weight excluding hydrogens is 357 g/mol. The van der Waals surface area contributed by atoms with Crippen molar-refractivity contribution >= 4 is 22.8 Å². The Morgan fingerprint density at radius 2 is 1.92 bits per heavy atom. The first-order valence-corrected chi connectivity index (χ1v) is 7.31. The summed E-state index contributed by atoms with van der Waals surface area (Å²) in [4.78, 5) is 36.1. The lowest BCUT2D eigenvalue weighted by Crippen LogP contribution is -2.42. The number of esters is 1. The van der Waals surface area contributed by atoms with E-state index < -0.39 is 51.9 Å². The van der Waals surface area contributed by atoms with Crippen LogP contribution in [0.25, 0.3) is 10.9 Å². The van der Waals surface area contributed by atoms with Gasteiger partial charge in [-0.05, 0) is 19.1 Å². The number of nitrogens with zero attached hydrogens (tertiary/aromatic N) is 1. The Labute approximate surface area is 145 Å². The van der Waals surface area contributed by atoms with Gasteiger partial charge < -0.3 is 19.7 Å². The van der Waals surface area contributed by atoms with Gasteiger partial charge in [-0.25, -0.2) is 4.79 Å². The number of hydrogen-bond acceptors (Lipinski definition) is 5. The Balaban J connectivity index is 2.74. The van der Waals surface area contributed by atoms with Gasteiger partial charge in [0.1, 0.15) is 17.4 Å². The van der Waals surface area contributed by atoms with E-state index in [4.69, 9.17) is 0 Å². The smallest absolute Gasteiger partial charge is 0.417 e. The van der Waals surface area contributed by atoms with Gasteiger partial charge in [0.25, 0.3) is 11.5 Å². The summed E-state index contributed by atoms with van der Waals surface area (Å²) in [6.45, 7) is 1.26. The van der Waals surface area contributed by atoms with Crippen LogP contribution < -0.4 is 10.9 Å². The molecule has 1 atom stereocenters. The van der Waals surface area contributed by atoms with E-state index in [2.05, 4.69) is 10.1 Å². The first-order valence-electron chi connectivity index (χ1n) is 7.31. The molecule has 7 nitrogen and oxygen atoms in total. The minimum atomic E-state index is -4.82. The van der Waals surface area contributed by atoms with Crippen LogP contribution in [0.3, 0.4) is 0 Å². The van der Waals surface area contributed by atoms with Gasteiger partial charge in [0.05, 0.1) is 23.6 Å². The van der Waals surface area contributed by atoms with Crippen molar-refractivity contribution in [1.29, 1.82) is 0 Å². The van der Waals surface area contributed by atoms with Crippen LogP contribution in [0.15, 0.2) is 23.0 Å². The van der Waals surface area contributed by atoms with Gasteiger partial charge in [-0.15, -0.1) is 0 Å². The Kier molecular flexibility index (Phi) is 4.97. The number of nitrogens with one attached hydrogen (secondary N) is 1. The maximum atomic E-state index is 13.3. The molecule has 0 spiro atoms. The molecule has 26 heavy (non-hydrogen) atoms. The fraction of sp³-hybridized carbons (Fsp3) is 0.312. The molecule has 0 saturated heterocycles. The highest BCUT2D eigenvalue weighted by molar-refractivity contribution is 6.04. The van der Waals surface area contributed by atoms with Crippen molar-refractivity contribution in [2.75, 3.05) is 7.11 Å². The predicted molar refractivity (Wildman–Crippen MR) is 84.8 cm³/mol. The molecule has 2 rings (SSSR count). The number of pyridine rings is 1. The average molecular weight is 372 g/mol. The van der Waals surface area contributed by atoms with E-state index in [1.165, 1.54) is 20.0 Å². The summed E-state index contributed by atoms with van der Waals surface area (Å²) in [6, 6.07) is 1.85. The number of aryl methyl sites for hydroxylation is 1. The zero-order valence-electron chi connectivity index (χ0n) is 14.0. The van der Waals surface area contributed by atoms with Gasteiger partial charge in [-0.1, -0.05) is 6.07 Å². The summed E-state index contributed by atoms with van der Waals surface area (Å²) < 4.78 is 45.0. The van der Waals surface area contributed by atoms with E-state index in [0.29, 0.717) is 0 Å². The highest BCUT2D eigenvalue weighted by Crippen LogP contribution is 2.39. The number of amides is 1. The van der Waals surface area contributed by atoms with Crippen LogP contribution in [0.4, 0.5) is 13.2 Å². The number of ether oxygens (including phenoxy) is 1. The van der Waals surface area contributed by atoms with Gasteiger partial charge >= 0.3 is 12.1 Å². The highest BCUT2D eigenvalue weighted by atomic mass is 19.4. The maximum absolute atomic E-state index is 13.3. The zero-order valence-corrected chi connectivity index (χ0v) is 14.0. The molecule has 0 unspecified atom stereocenters. The normalized spacial score (nSPS) is 12.7. The van der Waals surface area contributed by atoms with E-state index in [9.17, 15) is 32.7 Å². The van der Waals surface area contributed by atoms with Crippen LogP contribution in [-0.2, 0) is 22.8 Å². The minimum Gasteiger partial charge on any atom is -0.506 e. The van der Waals surface area contributed by atoms with Crippen molar-refractivity contribution in [3.05, 3.63) is 39.7 Å². The summed E-state index contributed by atoms with van der Waals surface area (Å²) in [7, 11) is 2.25. The number of benzene rings is 1.